The molecule has 24 heavy (non-hydrogen) atoms. The van der Waals surface area contributed by atoms with Crippen molar-refractivity contribution in [2.75, 3.05) is 0 Å². The van der Waals surface area contributed by atoms with Gasteiger partial charge in [-0.05, 0) is 45.5 Å². The molecular formula is C18H17FO3S2. The highest BCUT2D eigenvalue weighted by Crippen LogP contribution is 2.79. The Bertz CT molecular complexity index is 786. The molecule has 3 aromatic carbocycles. The smallest absolute Gasteiger partial charge is 0.268 e. The third kappa shape index (κ3) is 2.67. The van der Waals surface area contributed by atoms with Crippen molar-refractivity contribution in [3.8, 4) is 0 Å². The number of halogens is 1. The lowest BCUT2D eigenvalue weighted by molar-refractivity contribution is 0.361. The second-order valence-corrected chi connectivity index (χ2v) is 12.3. The Morgan fingerprint density at radius 1 is 0.625 bits per heavy atom. The van der Waals surface area contributed by atoms with Crippen LogP contribution in [0.3, 0.4) is 0 Å². The van der Waals surface area contributed by atoms with Gasteiger partial charge in [0.1, 0.15) is 0 Å². The summed E-state index contributed by atoms with van der Waals surface area (Å²) in [6.07, 6.45) is 0. The van der Waals surface area contributed by atoms with E-state index in [1.54, 1.807) is 91.0 Å². The van der Waals surface area contributed by atoms with Crippen LogP contribution in [-0.2, 0) is 9.05 Å². The fourth-order valence-corrected chi connectivity index (χ4v) is 10.0. The van der Waals surface area contributed by atoms with Crippen molar-refractivity contribution in [3.05, 3.63) is 91.0 Å². The van der Waals surface area contributed by atoms with Crippen LogP contribution < -0.4 is 0 Å². The van der Waals surface area contributed by atoms with Crippen molar-refractivity contribution in [3.63, 3.8) is 0 Å². The Kier molecular flexibility index (Phi) is 4.09. The quantitative estimate of drug-likeness (QED) is 0.472. The molecule has 0 aliphatic rings. The minimum Gasteiger partial charge on any atom is -0.278 e. The van der Waals surface area contributed by atoms with E-state index in [1.807, 2.05) is 0 Å². The molecular weight excluding hydrogens is 347 g/mol. The molecule has 0 aliphatic heterocycles. The van der Waals surface area contributed by atoms with Crippen LogP contribution in [-0.4, -0.2) is 13.3 Å². The van der Waals surface area contributed by atoms with Gasteiger partial charge in [-0.1, -0.05) is 54.6 Å². The average Bonchev–Trinajstić information content (AvgIpc) is 2.56. The molecule has 2 N–H and O–H groups in total. The van der Waals surface area contributed by atoms with Crippen molar-refractivity contribution in [1.29, 1.82) is 0 Å². The van der Waals surface area contributed by atoms with Gasteiger partial charge in [0.15, 0.2) is 0 Å². The fourth-order valence-electron chi connectivity index (χ4n) is 2.73. The molecule has 0 aromatic heterocycles. The first-order valence-corrected chi connectivity index (χ1v) is 11.1. The van der Waals surface area contributed by atoms with E-state index in [0.29, 0.717) is 0 Å². The van der Waals surface area contributed by atoms with E-state index in [2.05, 4.69) is 0 Å². The highest BCUT2D eigenvalue weighted by Gasteiger charge is 2.54. The van der Waals surface area contributed by atoms with Gasteiger partial charge in [-0.3, -0.25) is 9.11 Å². The lowest BCUT2D eigenvalue weighted by atomic mass is 10.4. The topological polar surface area (TPSA) is 57.5 Å². The summed E-state index contributed by atoms with van der Waals surface area (Å²) in [6.45, 7) is 0. The number of benzene rings is 3. The third-order valence-electron chi connectivity index (χ3n) is 3.65. The summed E-state index contributed by atoms with van der Waals surface area (Å²) >= 11 is 0. The first-order chi connectivity index (χ1) is 11.3. The van der Waals surface area contributed by atoms with E-state index in [9.17, 15) is 13.3 Å². The molecule has 0 saturated heterocycles. The van der Waals surface area contributed by atoms with Crippen LogP contribution in [0, 0.1) is 0 Å². The molecule has 0 atom stereocenters. The Morgan fingerprint density at radius 3 is 1.08 bits per heavy atom. The highest BCUT2D eigenvalue weighted by molar-refractivity contribution is 8.96. The molecule has 0 bridgehead atoms. The van der Waals surface area contributed by atoms with Crippen molar-refractivity contribution >= 4 is 18.1 Å². The summed E-state index contributed by atoms with van der Waals surface area (Å²) in [6, 6.07) is 24.5. The Morgan fingerprint density at radius 2 is 0.875 bits per heavy atom. The number of rotatable bonds is 4. The van der Waals surface area contributed by atoms with Crippen molar-refractivity contribution in [1.82, 2.24) is 0 Å². The van der Waals surface area contributed by atoms with Crippen LogP contribution in [0.1, 0.15) is 0 Å². The molecule has 3 rings (SSSR count). The Labute approximate surface area is 141 Å². The monoisotopic (exact) mass is 364 g/mol. The molecule has 0 heterocycles. The maximum Gasteiger partial charge on any atom is 0.268 e. The standard InChI is InChI=1S/C18H17FO3S2/c19-24(20,21,22)23(16-10-4-1-5-11-16,17-12-6-2-7-13-17)18-14-8-3-9-15-18/h1-15H,(H2,20,21,22). The van der Waals surface area contributed by atoms with Gasteiger partial charge >= 0.3 is 0 Å². The number of hydrogen-bond acceptors (Lipinski definition) is 1. The summed E-state index contributed by atoms with van der Waals surface area (Å²) in [5, 5.41) is 0. The zero-order chi connectivity index (χ0) is 17.3. The maximum atomic E-state index is 15.2. The van der Waals surface area contributed by atoms with E-state index in [-0.39, 0.29) is 14.7 Å². The SMILES string of the molecule is O=S(O)(O)(F)S(c1ccccc1)(c1ccccc1)c1ccccc1. The normalized spacial score (nSPS) is 14.5. The summed E-state index contributed by atoms with van der Waals surface area (Å²) in [4.78, 5) is 0.811. The molecule has 126 valence electrons. The van der Waals surface area contributed by atoms with E-state index < -0.39 is 18.1 Å². The zero-order valence-electron chi connectivity index (χ0n) is 12.7. The zero-order valence-corrected chi connectivity index (χ0v) is 14.3. The van der Waals surface area contributed by atoms with Crippen molar-refractivity contribution in [2.24, 2.45) is 0 Å². The first-order valence-electron chi connectivity index (χ1n) is 7.20. The molecule has 3 aromatic rings. The average molecular weight is 364 g/mol. The van der Waals surface area contributed by atoms with E-state index in [1.165, 1.54) is 0 Å². The fraction of sp³-hybridized carbons (Fsp3) is 0. The molecule has 3 nitrogen and oxygen atoms in total. The van der Waals surface area contributed by atoms with E-state index >= 15 is 3.89 Å². The van der Waals surface area contributed by atoms with Crippen LogP contribution in [0.25, 0.3) is 0 Å². The van der Waals surface area contributed by atoms with Crippen LogP contribution in [0.2, 0.25) is 0 Å². The van der Waals surface area contributed by atoms with Crippen LogP contribution in [0.15, 0.2) is 106 Å². The van der Waals surface area contributed by atoms with Crippen molar-refractivity contribution in [2.45, 2.75) is 14.7 Å². The lowest BCUT2D eigenvalue weighted by Crippen LogP contribution is -2.32. The van der Waals surface area contributed by atoms with Gasteiger partial charge < -0.3 is 0 Å². The molecule has 0 aliphatic carbocycles. The van der Waals surface area contributed by atoms with Gasteiger partial charge in [0.2, 0.25) is 0 Å². The maximum absolute atomic E-state index is 15.2. The second kappa shape index (κ2) is 5.82. The van der Waals surface area contributed by atoms with Gasteiger partial charge in [0, 0.05) is 14.7 Å². The third-order valence-corrected chi connectivity index (χ3v) is 11.5. The van der Waals surface area contributed by atoms with Gasteiger partial charge in [-0.2, -0.15) is 4.21 Å². The molecule has 0 fully saturated rings. The molecule has 0 unspecified atom stereocenters. The van der Waals surface area contributed by atoms with Crippen LogP contribution >= 0.6 is 9.06 Å². The Hall–Kier alpha value is -1.99. The van der Waals surface area contributed by atoms with Crippen LogP contribution in [0.5, 0.6) is 0 Å². The van der Waals surface area contributed by atoms with Gasteiger partial charge in [-0.15, -0.1) is 3.89 Å². The van der Waals surface area contributed by atoms with Gasteiger partial charge in [0.25, 0.3) is 9.05 Å². The van der Waals surface area contributed by atoms with E-state index in [4.69, 9.17) is 0 Å². The first kappa shape index (κ1) is 16.9. The molecule has 0 spiro atoms. The summed E-state index contributed by atoms with van der Waals surface area (Å²) in [5.74, 6) is 0. The molecule has 0 saturated carbocycles. The summed E-state index contributed by atoms with van der Waals surface area (Å²) < 4.78 is 48.3. The van der Waals surface area contributed by atoms with Gasteiger partial charge in [0.05, 0.1) is 0 Å². The number of hydrogen-bond donors (Lipinski definition) is 2. The van der Waals surface area contributed by atoms with Gasteiger partial charge in [-0.25, -0.2) is 0 Å². The van der Waals surface area contributed by atoms with Crippen LogP contribution in [0.4, 0.5) is 3.89 Å². The van der Waals surface area contributed by atoms with E-state index in [0.717, 1.165) is 0 Å². The molecule has 6 heteroatoms. The minimum absolute atomic E-state index is 0.270. The predicted molar refractivity (Wildman–Crippen MR) is 96.2 cm³/mol. The molecule has 0 radical (unpaired) electrons. The Balaban J connectivity index is 2.51. The highest BCUT2D eigenvalue weighted by atomic mass is 33.2. The predicted octanol–water partition coefficient (Wildman–Crippen LogP) is 5.53. The summed E-state index contributed by atoms with van der Waals surface area (Å²) in [5.41, 5.74) is 0. The second-order valence-electron chi connectivity index (χ2n) is 5.21. The summed E-state index contributed by atoms with van der Waals surface area (Å²) in [7, 11) is -9.98. The minimum atomic E-state index is -6.52. The largest absolute Gasteiger partial charge is 0.278 e. The van der Waals surface area contributed by atoms with Crippen molar-refractivity contribution < 1.29 is 17.2 Å². The lowest BCUT2D eigenvalue weighted by Gasteiger charge is -2.48. The molecule has 0 amide bonds.